The second-order valence-corrected chi connectivity index (χ2v) is 4.59. The SMILES string of the molecule is CC(C)NCc1ccc(Cn2ncn(C)c2=O)o1. The summed E-state index contributed by atoms with van der Waals surface area (Å²) in [5.41, 5.74) is -0.145. The average molecular weight is 250 g/mol. The van der Waals surface area contributed by atoms with Crippen molar-refractivity contribution in [1.29, 1.82) is 0 Å². The fourth-order valence-electron chi connectivity index (χ4n) is 1.58. The Balaban J connectivity index is 2.02. The molecule has 18 heavy (non-hydrogen) atoms. The number of nitrogens with one attached hydrogen (secondary N) is 1. The van der Waals surface area contributed by atoms with E-state index in [2.05, 4.69) is 24.3 Å². The molecule has 6 nitrogen and oxygen atoms in total. The van der Waals surface area contributed by atoms with Gasteiger partial charge in [-0.3, -0.25) is 4.57 Å². The zero-order valence-electron chi connectivity index (χ0n) is 10.9. The molecule has 0 aromatic carbocycles. The number of furan rings is 1. The summed E-state index contributed by atoms with van der Waals surface area (Å²) in [5, 5.41) is 7.26. The Labute approximate surface area is 105 Å². The molecule has 0 aliphatic carbocycles. The summed E-state index contributed by atoms with van der Waals surface area (Å²) in [5.74, 6) is 1.60. The Kier molecular flexibility index (Phi) is 3.66. The zero-order valence-corrected chi connectivity index (χ0v) is 10.9. The number of hydrogen-bond donors (Lipinski definition) is 1. The van der Waals surface area contributed by atoms with Crippen LogP contribution >= 0.6 is 0 Å². The van der Waals surface area contributed by atoms with Crippen molar-refractivity contribution in [3.8, 4) is 0 Å². The second kappa shape index (κ2) is 5.22. The molecule has 0 fully saturated rings. The first-order chi connectivity index (χ1) is 8.56. The van der Waals surface area contributed by atoms with E-state index >= 15 is 0 Å². The number of aryl methyl sites for hydroxylation is 1. The van der Waals surface area contributed by atoms with Crippen LogP contribution in [0, 0.1) is 0 Å². The van der Waals surface area contributed by atoms with Crippen molar-refractivity contribution in [3.05, 3.63) is 40.5 Å². The molecule has 2 aromatic heterocycles. The van der Waals surface area contributed by atoms with Gasteiger partial charge in [-0.25, -0.2) is 9.48 Å². The highest BCUT2D eigenvalue weighted by Gasteiger charge is 2.07. The van der Waals surface area contributed by atoms with Gasteiger partial charge in [-0.05, 0) is 12.1 Å². The van der Waals surface area contributed by atoms with E-state index in [1.54, 1.807) is 7.05 Å². The lowest BCUT2D eigenvalue weighted by Gasteiger charge is -2.04. The molecule has 2 aromatic rings. The van der Waals surface area contributed by atoms with Gasteiger partial charge in [-0.2, -0.15) is 5.10 Å². The molecule has 0 spiro atoms. The quantitative estimate of drug-likeness (QED) is 0.849. The molecule has 0 atom stereocenters. The molecule has 0 saturated heterocycles. The van der Waals surface area contributed by atoms with E-state index in [9.17, 15) is 4.79 Å². The van der Waals surface area contributed by atoms with E-state index < -0.39 is 0 Å². The Hall–Kier alpha value is -1.82. The summed E-state index contributed by atoms with van der Waals surface area (Å²) in [4.78, 5) is 11.6. The first kappa shape index (κ1) is 12.6. The number of nitrogens with zero attached hydrogens (tertiary/aromatic N) is 3. The lowest BCUT2D eigenvalue weighted by Crippen LogP contribution is -2.23. The Bertz CT molecular complexity index is 565. The van der Waals surface area contributed by atoms with E-state index in [0.29, 0.717) is 19.1 Å². The maximum Gasteiger partial charge on any atom is 0.345 e. The predicted molar refractivity (Wildman–Crippen MR) is 67.3 cm³/mol. The minimum absolute atomic E-state index is 0.145. The number of aromatic nitrogens is 3. The second-order valence-electron chi connectivity index (χ2n) is 4.59. The standard InChI is InChI=1S/C12H18N4O2/c1-9(2)13-6-10-4-5-11(18-10)7-16-12(17)15(3)8-14-16/h4-5,8-9,13H,6-7H2,1-3H3. The average Bonchev–Trinajstić information content (AvgIpc) is 2.89. The van der Waals surface area contributed by atoms with E-state index in [1.165, 1.54) is 15.6 Å². The van der Waals surface area contributed by atoms with Crippen molar-refractivity contribution in [1.82, 2.24) is 19.7 Å². The lowest BCUT2D eigenvalue weighted by atomic mass is 10.3. The minimum Gasteiger partial charge on any atom is -0.463 e. The zero-order chi connectivity index (χ0) is 13.1. The number of rotatable bonds is 5. The van der Waals surface area contributed by atoms with Crippen LogP contribution in [0.3, 0.4) is 0 Å². The Morgan fingerprint density at radius 1 is 1.39 bits per heavy atom. The van der Waals surface area contributed by atoms with Gasteiger partial charge in [0.05, 0.1) is 6.54 Å². The van der Waals surface area contributed by atoms with Gasteiger partial charge >= 0.3 is 5.69 Å². The van der Waals surface area contributed by atoms with Crippen LogP contribution in [0.5, 0.6) is 0 Å². The Morgan fingerprint density at radius 2 is 2.11 bits per heavy atom. The van der Waals surface area contributed by atoms with Gasteiger partial charge < -0.3 is 9.73 Å². The molecule has 6 heteroatoms. The van der Waals surface area contributed by atoms with Gasteiger partial charge in [-0.15, -0.1) is 0 Å². The molecule has 98 valence electrons. The van der Waals surface area contributed by atoms with Crippen molar-refractivity contribution in [2.24, 2.45) is 7.05 Å². The highest BCUT2D eigenvalue weighted by Crippen LogP contribution is 2.08. The van der Waals surface area contributed by atoms with Crippen LogP contribution in [0.15, 0.2) is 27.7 Å². The van der Waals surface area contributed by atoms with Crippen LogP contribution in [0.25, 0.3) is 0 Å². The van der Waals surface area contributed by atoms with Crippen molar-refractivity contribution in [3.63, 3.8) is 0 Å². The topological polar surface area (TPSA) is 65.0 Å². The molecule has 0 aliphatic heterocycles. The molecular weight excluding hydrogens is 232 g/mol. The van der Waals surface area contributed by atoms with Crippen molar-refractivity contribution < 1.29 is 4.42 Å². The highest BCUT2D eigenvalue weighted by molar-refractivity contribution is 5.07. The van der Waals surface area contributed by atoms with Gasteiger partial charge in [0.1, 0.15) is 24.4 Å². The summed E-state index contributed by atoms with van der Waals surface area (Å²) in [6, 6.07) is 4.20. The van der Waals surface area contributed by atoms with Crippen molar-refractivity contribution in [2.45, 2.75) is 33.0 Å². The van der Waals surface area contributed by atoms with Crippen molar-refractivity contribution in [2.75, 3.05) is 0 Å². The van der Waals surface area contributed by atoms with Gasteiger partial charge in [0.2, 0.25) is 0 Å². The molecule has 0 bridgehead atoms. The largest absolute Gasteiger partial charge is 0.463 e. The Morgan fingerprint density at radius 3 is 2.72 bits per heavy atom. The summed E-state index contributed by atoms with van der Waals surface area (Å²) in [6.07, 6.45) is 1.49. The summed E-state index contributed by atoms with van der Waals surface area (Å²) >= 11 is 0. The van der Waals surface area contributed by atoms with Gasteiger partial charge in [0.25, 0.3) is 0 Å². The molecule has 0 unspecified atom stereocenters. The smallest absolute Gasteiger partial charge is 0.345 e. The van der Waals surface area contributed by atoms with E-state index in [4.69, 9.17) is 4.42 Å². The molecule has 0 saturated carbocycles. The minimum atomic E-state index is -0.145. The van der Waals surface area contributed by atoms with E-state index in [-0.39, 0.29) is 5.69 Å². The number of hydrogen-bond acceptors (Lipinski definition) is 4. The van der Waals surface area contributed by atoms with Gasteiger partial charge in [-0.1, -0.05) is 13.8 Å². The van der Waals surface area contributed by atoms with Crippen LogP contribution in [-0.2, 0) is 20.1 Å². The molecular formula is C12H18N4O2. The molecule has 1 N–H and O–H groups in total. The third kappa shape index (κ3) is 2.89. The van der Waals surface area contributed by atoms with Crippen molar-refractivity contribution >= 4 is 0 Å². The maximum atomic E-state index is 11.6. The molecule has 2 rings (SSSR count). The fourth-order valence-corrected chi connectivity index (χ4v) is 1.58. The summed E-state index contributed by atoms with van der Waals surface area (Å²) in [6.45, 7) is 5.21. The molecule has 0 amide bonds. The summed E-state index contributed by atoms with van der Waals surface area (Å²) < 4.78 is 8.44. The highest BCUT2D eigenvalue weighted by atomic mass is 16.3. The molecule has 2 heterocycles. The van der Waals surface area contributed by atoms with Crippen LogP contribution in [0.2, 0.25) is 0 Å². The normalized spacial score (nSPS) is 11.3. The fraction of sp³-hybridized carbons (Fsp3) is 0.500. The third-order valence-corrected chi connectivity index (χ3v) is 2.59. The molecule has 0 aliphatic rings. The third-order valence-electron chi connectivity index (χ3n) is 2.59. The van der Waals surface area contributed by atoms with Gasteiger partial charge in [0, 0.05) is 13.1 Å². The monoisotopic (exact) mass is 250 g/mol. The predicted octanol–water partition coefficient (Wildman–Crippen LogP) is 0.721. The van der Waals surface area contributed by atoms with E-state index in [1.807, 2.05) is 12.1 Å². The van der Waals surface area contributed by atoms with E-state index in [0.717, 1.165) is 11.5 Å². The maximum absolute atomic E-state index is 11.6. The first-order valence-corrected chi connectivity index (χ1v) is 5.95. The van der Waals surface area contributed by atoms with Gasteiger partial charge in [0.15, 0.2) is 0 Å². The summed E-state index contributed by atoms with van der Waals surface area (Å²) in [7, 11) is 1.67. The lowest BCUT2D eigenvalue weighted by molar-refractivity contribution is 0.418. The first-order valence-electron chi connectivity index (χ1n) is 5.95. The van der Waals surface area contributed by atoms with Crippen LogP contribution in [-0.4, -0.2) is 20.4 Å². The van der Waals surface area contributed by atoms with Crippen LogP contribution < -0.4 is 11.0 Å². The van der Waals surface area contributed by atoms with Crippen LogP contribution in [0.1, 0.15) is 25.4 Å². The van der Waals surface area contributed by atoms with Crippen LogP contribution in [0.4, 0.5) is 0 Å². The molecule has 0 radical (unpaired) electrons.